The minimum absolute atomic E-state index is 0.264. The summed E-state index contributed by atoms with van der Waals surface area (Å²) >= 11 is 0. The fourth-order valence-corrected chi connectivity index (χ4v) is 2.51. The van der Waals surface area contributed by atoms with Crippen molar-refractivity contribution in [3.05, 3.63) is 66.0 Å². The Morgan fingerprint density at radius 1 is 1.09 bits per heavy atom. The van der Waals surface area contributed by atoms with Crippen molar-refractivity contribution < 1.29 is 13.9 Å². The van der Waals surface area contributed by atoms with E-state index in [1.165, 1.54) is 19.2 Å². The second-order valence-electron chi connectivity index (χ2n) is 5.40. The monoisotopic (exact) mass is 309 g/mol. The zero-order valence-corrected chi connectivity index (χ0v) is 12.9. The standard InChI is InChI=1S/C19H16FNO2/c1-12(19(22)23-2)14-5-9-18-15(11-14)6-10-17(21-18)13-3-7-16(20)8-4-13/h3-12H,1-2H3. The van der Waals surface area contributed by atoms with Gasteiger partial charge in [0.15, 0.2) is 0 Å². The molecule has 2 aromatic carbocycles. The summed E-state index contributed by atoms with van der Waals surface area (Å²) in [6, 6.07) is 15.8. The van der Waals surface area contributed by atoms with Gasteiger partial charge in [-0.1, -0.05) is 12.1 Å². The first kappa shape index (κ1) is 15.2. The van der Waals surface area contributed by atoms with Crippen LogP contribution in [0.4, 0.5) is 4.39 Å². The van der Waals surface area contributed by atoms with Crippen LogP contribution in [0.2, 0.25) is 0 Å². The van der Waals surface area contributed by atoms with E-state index >= 15 is 0 Å². The zero-order chi connectivity index (χ0) is 16.4. The smallest absolute Gasteiger partial charge is 0.312 e. The van der Waals surface area contributed by atoms with Gasteiger partial charge in [0, 0.05) is 10.9 Å². The first-order chi connectivity index (χ1) is 11.1. The quantitative estimate of drug-likeness (QED) is 0.676. The molecule has 0 amide bonds. The van der Waals surface area contributed by atoms with Crippen LogP contribution in [-0.2, 0) is 9.53 Å². The molecule has 0 saturated heterocycles. The highest BCUT2D eigenvalue weighted by molar-refractivity contribution is 5.85. The van der Waals surface area contributed by atoms with E-state index in [-0.39, 0.29) is 17.7 Å². The van der Waals surface area contributed by atoms with Gasteiger partial charge in [0.05, 0.1) is 24.2 Å². The molecule has 4 heteroatoms. The highest BCUT2D eigenvalue weighted by atomic mass is 19.1. The molecule has 0 aliphatic rings. The molecule has 1 aromatic heterocycles. The molecule has 3 rings (SSSR count). The van der Waals surface area contributed by atoms with Crippen LogP contribution in [0.25, 0.3) is 22.2 Å². The number of hydrogen-bond acceptors (Lipinski definition) is 3. The summed E-state index contributed by atoms with van der Waals surface area (Å²) in [4.78, 5) is 16.2. The first-order valence-electron chi connectivity index (χ1n) is 7.33. The molecule has 0 spiro atoms. The van der Waals surface area contributed by atoms with Gasteiger partial charge in [0.25, 0.3) is 0 Å². The van der Waals surface area contributed by atoms with Gasteiger partial charge in [-0.3, -0.25) is 4.79 Å². The van der Waals surface area contributed by atoms with Crippen molar-refractivity contribution >= 4 is 16.9 Å². The maximum atomic E-state index is 13.0. The van der Waals surface area contributed by atoms with Gasteiger partial charge >= 0.3 is 5.97 Å². The summed E-state index contributed by atoms with van der Waals surface area (Å²) in [6.07, 6.45) is 0. The van der Waals surface area contributed by atoms with Crippen LogP contribution in [0.1, 0.15) is 18.4 Å². The van der Waals surface area contributed by atoms with Gasteiger partial charge in [-0.15, -0.1) is 0 Å². The van der Waals surface area contributed by atoms with Crippen LogP contribution < -0.4 is 0 Å². The van der Waals surface area contributed by atoms with E-state index in [2.05, 4.69) is 4.98 Å². The number of pyridine rings is 1. The normalized spacial score (nSPS) is 12.1. The Kier molecular flexibility index (Phi) is 4.06. The van der Waals surface area contributed by atoms with E-state index in [9.17, 15) is 9.18 Å². The Balaban J connectivity index is 1.98. The molecule has 0 radical (unpaired) electrons. The molecule has 0 aliphatic heterocycles. The van der Waals surface area contributed by atoms with Gasteiger partial charge in [0.2, 0.25) is 0 Å². The third kappa shape index (κ3) is 3.06. The molecule has 0 saturated carbocycles. The van der Waals surface area contributed by atoms with Crippen LogP contribution in [0.5, 0.6) is 0 Å². The van der Waals surface area contributed by atoms with Crippen molar-refractivity contribution in [1.82, 2.24) is 4.98 Å². The minimum Gasteiger partial charge on any atom is -0.469 e. The van der Waals surface area contributed by atoms with E-state index in [0.717, 1.165) is 27.7 Å². The van der Waals surface area contributed by atoms with Crippen molar-refractivity contribution in [2.45, 2.75) is 12.8 Å². The third-order valence-corrected chi connectivity index (χ3v) is 3.91. The average Bonchev–Trinajstić information content (AvgIpc) is 2.60. The highest BCUT2D eigenvalue weighted by Crippen LogP contribution is 2.25. The predicted molar refractivity (Wildman–Crippen MR) is 87.6 cm³/mol. The van der Waals surface area contributed by atoms with Crippen LogP contribution >= 0.6 is 0 Å². The topological polar surface area (TPSA) is 39.2 Å². The van der Waals surface area contributed by atoms with E-state index in [4.69, 9.17) is 4.74 Å². The van der Waals surface area contributed by atoms with E-state index in [0.29, 0.717) is 0 Å². The SMILES string of the molecule is COC(=O)C(C)c1ccc2nc(-c3ccc(F)cc3)ccc2c1. The minimum atomic E-state index is -0.318. The number of carbonyl (C=O) groups excluding carboxylic acids is 1. The molecule has 1 unspecified atom stereocenters. The predicted octanol–water partition coefficient (Wildman–Crippen LogP) is 4.32. The molecule has 3 nitrogen and oxygen atoms in total. The number of esters is 1. The Morgan fingerprint density at radius 2 is 1.83 bits per heavy atom. The summed E-state index contributed by atoms with van der Waals surface area (Å²) in [5, 5.41) is 0.948. The van der Waals surface area contributed by atoms with Gasteiger partial charge in [-0.05, 0) is 55.0 Å². The van der Waals surface area contributed by atoms with E-state index in [1.54, 1.807) is 12.1 Å². The lowest BCUT2D eigenvalue weighted by Crippen LogP contribution is -2.10. The number of benzene rings is 2. The highest BCUT2D eigenvalue weighted by Gasteiger charge is 2.16. The molecular formula is C19H16FNO2. The lowest BCUT2D eigenvalue weighted by atomic mass is 9.99. The maximum Gasteiger partial charge on any atom is 0.312 e. The summed E-state index contributed by atoms with van der Waals surface area (Å²) in [5.74, 6) is -0.850. The average molecular weight is 309 g/mol. The number of halogens is 1. The second kappa shape index (κ2) is 6.16. The van der Waals surface area contributed by atoms with Crippen LogP contribution in [0.3, 0.4) is 0 Å². The Bertz CT molecular complexity index is 859. The largest absolute Gasteiger partial charge is 0.469 e. The molecule has 3 aromatic rings. The molecule has 1 atom stereocenters. The van der Waals surface area contributed by atoms with Gasteiger partial charge in [0.1, 0.15) is 5.82 Å². The van der Waals surface area contributed by atoms with Crippen molar-refractivity contribution in [3.8, 4) is 11.3 Å². The Hall–Kier alpha value is -2.75. The number of carbonyl (C=O) groups is 1. The number of nitrogens with zero attached hydrogens (tertiary/aromatic N) is 1. The summed E-state index contributed by atoms with van der Waals surface area (Å²) in [7, 11) is 1.39. The number of rotatable bonds is 3. The second-order valence-corrected chi connectivity index (χ2v) is 5.40. The number of methoxy groups -OCH3 is 1. The van der Waals surface area contributed by atoms with Crippen molar-refractivity contribution in [1.29, 1.82) is 0 Å². The molecular weight excluding hydrogens is 293 g/mol. The first-order valence-corrected chi connectivity index (χ1v) is 7.33. The van der Waals surface area contributed by atoms with Gasteiger partial charge in [-0.2, -0.15) is 0 Å². The maximum absolute atomic E-state index is 13.0. The lowest BCUT2D eigenvalue weighted by Gasteiger charge is -2.10. The summed E-state index contributed by atoms with van der Waals surface area (Å²) < 4.78 is 17.8. The molecule has 23 heavy (non-hydrogen) atoms. The molecule has 0 bridgehead atoms. The van der Waals surface area contributed by atoms with Crippen molar-refractivity contribution in [2.75, 3.05) is 7.11 Å². The molecule has 1 heterocycles. The summed E-state index contributed by atoms with van der Waals surface area (Å²) in [6.45, 7) is 1.81. The number of ether oxygens (including phenoxy) is 1. The molecule has 0 fully saturated rings. The van der Waals surface area contributed by atoms with E-state index < -0.39 is 0 Å². The fourth-order valence-electron chi connectivity index (χ4n) is 2.51. The number of hydrogen-bond donors (Lipinski definition) is 0. The Morgan fingerprint density at radius 3 is 2.52 bits per heavy atom. The van der Waals surface area contributed by atoms with Crippen molar-refractivity contribution in [2.24, 2.45) is 0 Å². The van der Waals surface area contributed by atoms with Gasteiger partial charge in [-0.25, -0.2) is 9.37 Å². The van der Waals surface area contributed by atoms with Crippen molar-refractivity contribution in [3.63, 3.8) is 0 Å². The fraction of sp³-hybridized carbons (Fsp3) is 0.158. The van der Waals surface area contributed by atoms with Gasteiger partial charge < -0.3 is 4.74 Å². The Labute approximate surface area is 133 Å². The summed E-state index contributed by atoms with van der Waals surface area (Å²) in [5.41, 5.74) is 3.36. The van der Waals surface area contributed by atoms with Crippen LogP contribution in [0.15, 0.2) is 54.6 Å². The third-order valence-electron chi connectivity index (χ3n) is 3.91. The molecule has 0 N–H and O–H groups in total. The van der Waals surface area contributed by atoms with Crippen LogP contribution in [0, 0.1) is 5.82 Å². The zero-order valence-electron chi connectivity index (χ0n) is 12.9. The molecule has 0 aliphatic carbocycles. The number of aromatic nitrogens is 1. The van der Waals surface area contributed by atoms with E-state index in [1.807, 2.05) is 37.3 Å². The van der Waals surface area contributed by atoms with Crippen LogP contribution in [-0.4, -0.2) is 18.1 Å². The molecule has 116 valence electrons. The lowest BCUT2D eigenvalue weighted by molar-refractivity contribution is -0.141. The number of fused-ring (bicyclic) bond motifs is 1.